The summed E-state index contributed by atoms with van der Waals surface area (Å²) in [5.74, 6) is -0.0202. The van der Waals surface area contributed by atoms with E-state index in [2.05, 4.69) is 5.32 Å². The van der Waals surface area contributed by atoms with Crippen LogP contribution in [0.3, 0.4) is 0 Å². The predicted octanol–water partition coefficient (Wildman–Crippen LogP) is 1.35. The summed E-state index contributed by atoms with van der Waals surface area (Å²) >= 11 is 0. The number of nitrogens with two attached hydrogens (primary N) is 1. The molecule has 0 spiro atoms. The van der Waals surface area contributed by atoms with E-state index in [-0.39, 0.29) is 36.2 Å². The molecule has 23 heavy (non-hydrogen) atoms. The summed E-state index contributed by atoms with van der Waals surface area (Å²) in [5, 5.41) is 2.91. The Kier molecular flexibility index (Phi) is 8.06. The number of likely N-dealkylation sites (tertiary alicyclic amines) is 1. The normalized spacial score (nSPS) is 18.7. The second-order valence-corrected chi connectivity index (χ2v) is 5.99. The van der Waals surface area contributed by atoms with Gasteiger partial charge in [0.1, 0.15) is 0 Å². The van der Waals surface area contributed by atoms with E-state index in [0.29, 0.717) is 19.5 Å². The van der Waals surface area contributed by atoms with E-state index in [1.807, 2.05) is 42.2 Å². The average Bonchev–Trinajstić information content (AvgIpc) is 2.55. The number of hydrogen-bond acceptors (Lipinski definition) is 3. The van der Waals surface area contributed by atoms with Crippen LogP contribution in [0.4, 0.5) is 0 Å². The Labute approximate surface area is 144 Å². The van der Waals surface area contributed by atoms with Crippen molar-refractivity contribution < 1.29 is 9.59 Å². The van der Waals surface area contributed by atoms with Crippen LogP contribution >= 0.6 is 12.4 Å². The zero-order chi connectivity index (χ0) is 15.9. The smallest absolute Gasteiger partial charge is 0.227 e. The van der Waals surface area contributed by atoms with Gasteiger partial charge in [-0.15, -0.1) is 12.4 Å². The molecule has 1 aromatic rings. The molecule has 128 valence electrons. The molecule has 0 aliphatic carbocycles. The van der Waals surface area contributed by atoms with Crippen molar-refractivity contribution in [1.29, 1.82) is 0 Å². The summed E-state index contributed by atoms with van der Waals surface area (Å²) in [6.07, 6.45) is 2.10. The van der Waals surface area contributed by atoms with Crippen molar-refractivity contribution in [1.82, 2.24) is 10.2 Å². The molecule has 1 aliphatic heterocycles. The summed E-state index contributed by atoms with van der Waals surface area (Å²) < 4.78 is 0. The summed E-state index contributed by atoms with van der Waals surface area (Å²) in [5.41, 5.74) is 6.54. The molecule has 5 nitrogen and oxygen atoms in total. The summed E-state index contributed by atoms with van der Waals surface area (Å²) in [6, 6.07) is 9.69. The van der Waals surface area contributed by atoms with Gasteiger partial charge in [-0.25, -0.2) is 0 Å². The monoisotopic (exact) mass is 339 g/mol. The molecule has 2 atom stereocenters. The number of benzene rings is 1. The maximum absolute atomic E-state index is 12.4. The van der Waals surface area contributed by atoms with Crippen LogP contribution < -0.4 is 11.1 Å². The fourth-order valence-electron chi connectivity index (χ4n) is 2.72. The molecule has 1 unspecified atom stereocenters. The molecule has 6 heteroatoms. The lowest BCUT2D eigenvalue weighted by molar-refractivity contribution is -0.135. The van der Waals surface area contributed by atoms with Crippen molar-refractivity contribution in [3.63, 3.8) is 0 Å². The van der Waals surface area contributed by atoms with Gasteiger partial charge in [0, 0.05) is 25.7 Å². The lowest BCUT2D eigenvalue weighted by atomic mass is 9.96. The van der Waals surface area contributed by atoms with Crippen LogP contribution in [0.15, 0.2) is 30.3 Å². The minimum Gasteiger partial charge on any atom is -0.352 e. The van der Waals surface area contributed by atoms with Gasteiger partial charge in [0.2, 0.25) is 11.8 Å². The molecular weight excluding hydrogens is 314 g/mol. The van der Waals surface area contributed by atoms with Crippen LogP contribution in [0, 0.1) is 5.92 Å². The highest BCUT2D eigenvalue weighted by Gasteiger charge is 2.28. The Bertz CT molecular complexity index is 510. The SMILES string of the molecule is C[C@@H](CN)NC(=O)C1CCCN(C(=O)Cc2ccccc2)C1.Cl. The molecule has 3 N–H and O–H groups in total. The van der Waals surface area contributed by atoms with Crippen molar-refractivity contribution in [2.24, 2.45) is 11.7 Å². The van der Waals surface area contributed by atoms with Gasteiger partial charge >= 0.3 is 0 Å². The van der Waals surface area contributed by atoms with Gasteiger partial charge in [0.25, 0.3) is 0 Å². The number of carbonyl (C=O) groups excluding carboxylic acids is 2. The Balaban J connectivity index is 0.00000264. The van der Waals surface area contributed by atoms with Gasteiger partial charge in [-0.05, 0) is 25.3 Å². The average molecular weight is 340 g/mol. The zero-order valence-electron chi connectivity index (χ0n) is 13.5. The summed E-state index contributed by atoms with van der Waals surface area (Å²) in [7, 11) is 0. The van der Waals surface area contributed by atoms with E-state index >= 15 is 0 Å². The Hall–Kier alpha value is -1.59. The van der Waals surface area contributed by atoms with E-state index in [1.165, 1.54) is 0 Å². The fraction of sp³-hybridized carbons (Fsp3) is 0.529. The molecule has 0 aromatic heterocycles. The largest absolute Gasteiger partial charge is 0.352 e. The summed E-state index contributed by atoms with van der Waals surface area (Å²) in [6.45, 7) is 3.56. The topological polar surface area (TPSA) is 75.4 Å². The van der Waals surface area contributed by atoms with E-state index in [4.69, 9.17) is 5.73 Å². The lowest BCUT2D eigenvalue weighted by Gasteiger charge is -2.32. The standard InChI is InChI=1S/C17H25N3O2.ClH/c1-13(11-18)19-17(22)15-8-5-9-20(12-15)16(21)10-14-6-3-2-4-7-14;/h2-4,6-7,13,15H,5,8-12,18H2,1H3,(H,19,22);1H/t13-,15?;/m0./s1. The maximum atomic E-state index is 12.4. The van der Waals surface area contributed by atoms with E-state index in [9.17, 15) is 9.59 Å². The van der Waals surface area contributed by atoms with Gasteiger partial charge in [0.05, 0.1) is 12.3 Å². The van der Waals surface area contributed by atoms with Gasteiger partial charge in [-0.2, -0.15) is 0 Å². The third-order valence-electron chi connectivity index (χ3n) is 4.09. The molecule has 0 saturated carbocycles. The molecule has 2 rings (SSSR count). The molecule has 1 saturated heterocycles. The molecule has 0 bridgehead atoms. The van der Waals surface area contributed by atoms with Crippen molar-refractivity contribution in [3.05, 3.63) is 35.9 Å². The summed E-state index contributed by atoms with van der Waals surface area (Å²) in [4.78, 5) is 26.4. The van der Waals surface area contributed by atoms with Crippen molar-refractivity contribution in [2.45, 2.75) is 32.2 Å². The maximum Gasteiger partial charge on any atom is 0.227 e. The first-order valence-corrected chi connectivity index (χ1v) is 7.92. The molecule has 1 heterocycles. The highest BCUT2D eigenvalue weighted by molar-refractivity contribution is 5.85. The minimum absolute atomic E-state index is 0. The third-order valence-corrected chi connectivity index (χ3v) is 4.09. The second-order valence-electron chi connectivity index (χ2n) is 5.99. The van der Waals surface area contributed by atoms with Gasteiger partial charge in [-0.3, -0.25) is 9.59 Å². The minimum atomic E-state index is -0.123. The van der Waals surface area contributed by atoms with Crippen LogP contribution in [-0.2, 0) is 16.0 Å². The van der Waals surface area contributed by atoms with E-state index in [1.54, 1.807) is 0 Å². The van der Waals surface area contributed by atoms with Crippen LogP contribution in [0.5, 0.6) is 0 Å². The predicted molar refractivity (Wildman–Crippen MR) is 93.4 cm³/mol. The van der Waals surface area contributed by atoms with Crippen LogP contribution in [0.1, 0.15) is 25.3 Å². The number of rotatable bonds is 5. The van der Waals surface area contributed by atoms with Crippen LogP contribution in [-0.4, -0.2) is 42.4 Å². The van der Waals surface area contributed by atoms with Gasteiger partial charge in [0.15, 0.2) is 0 Å². The van der Waals surface area contributed by atoms with Crippen molar-refractivity contribution in [3.8, 4) is 0 Å². The number of piperidine rings is 1. The number of nitrogens with one attached hydrogen (secondary N) is 1. The number of amides is 2. The first kappa shape index (κ1) is 19.5. The van der Waals surface area contributed by atoms with E-state index in [0.717, 1.165) is 24.9 Å². The number of carbonyl (C=O) groups is 2. The third kappa shape index (κ3) is 5.84. The first-order valence-electron chi connectivity index (χ1n) is 7.92. The van der Waals surface area contributed by atoms with Crippen molar-refractivity contribution in [2.75, 3.05) is 19.6 Å². The van der Waals surface area contributed by atoms with Crippen LogP contribution in [0.25, 0.3) is 0 Å². The fourth-order valence-corrected chi connectivity index (χ4v) is 2.72. The highest BCUT2D eigenvalue weighted by atomic mass is 35.5. The quantitative estimate of drug-likeness (QED) is 0.850. The number of hydrogen-bond donors (Lipinski definition) is 2. The molecule has 0 radical (unpaired) electrons. The molecule has 1 aliphatic rings. The number of halogens is 1. The highest BCUT2D eigenvalue weighted by Crippen LogP contribution is 2.18. The second kappa shape index (κ2) is 9.53. The first-order chi connectivity index (χ1) is 10.6. The Morgan fingerprint density at radius 1 is 1.35 bits per heavy atom. The number of nitrogens with zero attached hydrogens (tertiary/aromatic N) is 1. The van der Waals surface area contributed by atoms with Crippen molar-refractivity contribution >= 4 is 24.2 Å². The van der Waals surface area contributed by atoms with E-state index < -0.39 is 0 Å². The van der Waals surface area contributed by atoms with Crippen LogP contribution in [0.2, 0.25) is 0 Å². The Morgan fingerprint density at radius 2 is 2.04 bits per heavy atom. The Morgan fingerprint density at radius 3 is 2.70 bits per heavy atom. The molecular formula is C17H26ClN3O2. The molecule has 1 fully saturated rings. The van der Waals surface area contributed by atoms with Gasteiger partial charge in [-0.1, -0.05) is 30.3 Å². The zero-order valence-corrected chi connectivity index (χ0v) is 14.3. The van der Waals surface area contributed by atoms with Gasteiger partial charge < -0.3 is 16.0 Å². The molecule has 2 amide bonds. The lowest BCUT2D eigenvalue weighted by Crippen LogP contribution is -2.48. The molecule has 1 aromatic carbocycles.